The minimum Gasteiger partial charge on any atom is -0.310 e. The zero-order valence-corrected chi connectivity index (χ0v) is 30.4. The van der Waals surface area contributed by atoms with Crippen molar-refractivity contribution in [3.05, 3.63) is 176 Å². The normalized spacial score (nSPS) is 11.8. The molecule has 0 fully saturated rings. The maximum Gasteiger partial charge on any atom is 0.0555 e. The highest BCUT2D eigenvalue weighted by Crippen LogP contribution is 2.50. The predicted octanol–water partition coefficient (Wildman–Crippen LogP) is 15.6. The lowest BCUT2D eigenvalue weighted by atomic mass is 9.98. The van der Waals surface area contributed by atoms with Crippen molar-refractivity contribution >= 4 is 112 Å². The summed E-state index contributed by atoms with van der Waals surface area (Å²) in [5, 5.41) is 7.81. The molecule has 4 heteroatoms. The molecular formula is C48H29NS3. The molecule has 3 aromatic heterocycles. The van der Waals surface area contributed by atoms with Gasteiger partial charge in [0.15, 0.2) is 0 Å². The molecule has 244 valence electrons. The largest absolute Gasteiger partial charge is 0.310 e. The van der Waals surface area contributed by atoms with E-state index in [4.69, 9.17) is 0 Å². The van der Waals surface area contributed by atoms with Crippen LogP contribution in [0.2, 0.25) is 0 Å². The topological polar surface area (TPSA) is 3.24 Å². The minimum atomic E-state index is 1.15. The summed E-state index contributed by atoms with van der Waals surface area (Å²) in [4.78, 5) is 2.51. The summed E-state index contributed by atoms with van der Waals surface area (Å²) in [5.74, 6) is 0. The van der Waals surface area contributed by atoms with E-state index in [0.717, 1.165) is 11.4 Å². The van der Waals surface area contributed by atoms with Crippen LogP contribution in [0.25, 0.3) is 82.8 Å². The van der Waals surface area contributed by atoms with E-state index < -0.39 is 0 Å². The van der Waals surface area contributed by atoms with Crippen molar-refractivity contribution in [2.45, 2.75) is 0 Å². The van der Waals surface area contributed by atoms with Crippen LogP contribution in [0.1, 0.15) is 0 Å². The molecule has 0 aliphatic heterocycles. The van der Waals surface area contributed by atoms with Crippen LogP contribution in [-0.4, -0.2) is 0 Å². The zero-order valence-electron chi connectivity index (χ0n) is 27.9. The average molecular weight is 716 g/mol. The molecule has 11 rings (SSSR count). The summed E-state index contributed by atoms with van der Waals surface area (Å²) < 4.78 is 7.83. The number of nitrogens with zero attached hydrogens (tertiary/aromatic N) is 1. The Morgan fingerprint density at radius 3 is 1.73 bits per heavy atom. The zero-order chi connectivity index (χ0) is 34.2. The Balaban J connectivity index is 1.22. The summed E-state index contributed by atoms with van der Waals surface area (Å²) in [7, 11) is 0. The summed E-state index contributed by atoms with van der Waals surface area (Å²) in [6.07, 6.45) is 0. The molecule has 3 heterocycles. The fraction of sp³-hybridized carbons (Fsp3) is 0. The van der Waals surface area contributed by atoms with Gasteiger partial charge in [-0.25, -0.2) is 0 Å². The van der Waals surface area contributed by atoms with Crippen molar-refractivity contribution in [3.63, 3.8) is 0 Å². The molecule has 0 radical (unpaired) electrons. The van der Waals surface area contributed by atoms with Crippen LogP contribution >= 0.6 is 34.0 Å². The molecule has 0 unspecified atom stereocenters. The quantitative estimate of drug-likeness (QED) is 0.171. The van der Waals surface area contributed by atoms with E-state index in [0.29, 0.717) is 0 Å². The van der Waals surface area contributed by atoms with Crippen molar-refractivity contribution in [2.24, 2.45) is 0 Å². The predicted molar refractivity (Wildman–Crippen MR) is 231 cm³/mol. The highest BCUT2D eigenvalue weighted by Gasteiger charge is 2.23. The second kappa shape index (κ2) is 11.9. The van der Waals surface area contributed by atoms with Crippen LogP contribution in [0.3, 0.4) is 0 Å². The van der Waals surface area contributed by atoms with Gasteiger partial charge in [0.05, 0.1) is 5.69 Å². The molecule has 8 aromatic carbocycles. The van der Waals surface area contributed by atoms with Crippen molar-refractivity contribution in [1.82, 2.24) is 0 Å². The Labute approximate surface area is 312 Å². The SMILES string of the molecule is c1ccc(-c2ccc(N(c3ccc4c(c3)sc3ccccc34)c3ccc4sc5cccc(-c6ccccc6)c5c4c3)c3c2sc2ccccc23)cc1. The molecule has 0 saturated heterocycles. The Bertz CT molecular complexity index is 3130. The van der Waals surface area contributed by atoms with Crippen LogP contribution < -0.4 is 4.90 Å². The van der Waals surface area contributed by atoms with Gasteiger partial charge >= 0.3 is 0 Å². The Kier molecular flexibility index (Phi) is 6.84. The lowest BCUT2D eigenvalue weighted by Gasteiger charge is -2.27. The van der Waals surface area contributed by atoms with Gasteiger partial charge in [0.1, 0.15) is 0 Å². The van der Waals surface area contributed by atoms with E-state index in [2.05, 4.69) is 181 Å². The van der Waals surface area contributed by atoms with Crippen molar-refractivity contribution < 1.29 is 0 Å². The van der Waals surface area contributed by atoms with Gasteiger partial charge in [-0.1, -0.05) is 121 Å². The number of benzene rings is 8. The highest BCUT2D eigenvalue weighted by atomic mass is 32.1. The molecule has 0 atom stereocenters. The first-order valence-corrected chi connectivity index (χ1v) is 20.0. The van der Waals surface area contributed by atoms with Crippen LogP contribution in [-0.2, 0) is 0 Å². The van der Waals surface area contributed by atoms with Gasteiger partial charge in [-0.3, -0.25) is 0 Å². The van der Waals surface area contributed by atoms with Crippen molar-refractivity contribution in [1.29, 1.82) is 0 Å². The standard InChI is InChI=1S/C48H29NS3/c1-3-12-30(13-4-1)34-18-11-21-44-46(34)39-28-32(23-27-43(39)50-44)49(33-22-24-37-36-16-7-9-19-41(36)51-45(37)29-33)40-26-25-35(31-14-5-2-6-15-31)48-47(40)38-17-8-10-20-42(38)52-48/h1-29H. The fourth-order valence-electron chi connectivity index (χ4n) is 7.94. The van der Waals surface area contributed by atoms with Gasteiger partial charge in [-0.15, -0.1) is 34.0 Å². The third kappa shape index (κ3) is 4.65. The van der Waals surface area contributed by atoms with Gasteiger partial charge in [0, 0.05) is 71.9 Å². The number of hydrogen-bond donors (Lipinski definition) is 0. The lowest BCUT2D eigenvalue weighted by Crippen LogP contribution is -2.10. The van der Waals surface area contributed by atoms with Gasteiger partial charge in [0.2, 0.25) is 0 Å². The first kappa shape index (κ1) is 29.9. The Hall–Kier alpha value is -5.78. The Morgan fingerprint density at radius 2 is 0.923 bits per heavy atom. The summed E-state index contributed by atoms with van der Waals surface area (Å²) in [6.45, 7) is 0. The molecule has 0 amide bonds. The van der Waals surface area contributed by atoms with Gasteiger partial charge in [-0.2, -0.15) is 0 Å². The van der Waals surface area contributed by atoms with E-state index in [1.165, 1.54) is 88.5 Å². The van der Waals surface area contributed by atoms with Crippen LogP contribution in [0.4, 0.5) is 17.1 Å². The maximum atomic E-state index is 2.51. The van der Waals surface area contributed by atoms with E-state index in [1.54, 1.807) is 0 Å². The molecule has 0 saturated carbocycles. The van der Waals surface area contributed by atoms with Crippen LogP contribution in [0, 0.1) is 0 Å². The molecule has 0 bridgehead atoms. The van der Waals surface area contributed by atoms with Gasteiger partial charge in [0.25, 0.3) is 0 Å². The molecule has 0 aliphatic carbocycles. The van der Waals surface area contributed by atoms with Crippen LogP contribution in [0.15, 0.2) is 176 Å². The third-order valence-corrected chi connectivity index (χ3v) is 13.7. The first-order valence-electron chi connectivity index (χ1n) is 17.5. The minimum absolute atomic E-state index is 1.15. The summed E-state index contributed by atoms with van der Waals surface area (Å²) in [6, 6.07) is 64.8. The molecule has 0 spiro atoms. The second-order valence-corrected chi connectivity index (χ2v) is 16.5. The fourth-order valence-corrected chi connectivity index (χ4v) is 11.4. The molecule has 52 heavy (non-hydrogen) atoms. The van der Waals surface area contributed by atoms with Crippen LogP contribution in [0.5, 0.6) is 0 Å². The van der Waals surface area contributed by atoms with E-state index >= 15 is 0 Å². The number of rotatable bonds is 5. The number of fused-ring (bicyclic) bond motifs is 9. The average Bonchev–Trinajstić information content (AvgIpc) is 3.90. The summed E-state index contributed by atoms with van der Waals surface area (Å²) >= 11 is 5.64. The van der Waals surface area contributed by atoms with Gasteiger partial charge in [-0.05, 0) is 76.9 Å². The molecule has 1 nitrogen and oxygen atoms in total. The van der Waals surface area contributed by atoms with E-state index in [1.807, 2.05) is 34.0 Å². The lowest BCUT2D eigenvalue weighted by molar-refractivity contribution is 1.32. The highest BCUT2D eigenvalue weighted by molar-refractivity contribution is 7.27. The number of hydrogen-bond acceptors (Lipinski definition) is 4. The monoisotopic (exact) mass is 715 g/mol. The Morgan fingerprint density at radius 1 is 0.327 bits per heavy atom. The number of anilines is 3. The van der Waals surface area contributed by atoms with Gasteiger partial charge < -0.3 is 4.90 Å². The van der Waals surface area contributed by atoms with Crippen molar-refractivity contribution in [2.75, 3.05) is 4.90 Å². The second-order valence-electron chi connectivity index (χ2n) is 13.2. The van der Waals surface area contributed by atoms with E-state index in [-0.39, 0.29) is 0 Å². The summed E-state index contributed by atoms with van der Waals surface area (Å²) in [5.41, 5.74) is 8.53. The maximum absolute atomic E-state index is 2.51. The number of thiophene rings is 3. The molecular weight excluding hydrogens is 687 g/mol. The van der Waals surface area contributed by atoms with E-state index in [9.17, 15) is 0 Å². The first-order chi connectivity index (χ1) is 25.8. The molecule has 0 N–H and O–H groups in total. The van der Waals surface area contributed by atoms with Crippen molar-refractivity contribution in [3.8, 4) is 22.3 Å². The molecule has 11 aromatic rings. The smallest absolute Gasteiger partial charge is 0.0555 e. The molecule has 0 aliphatic rings. The third-order valence-electron chi connectivity index (χ3n) is 10.3.